The van der Waals surface area contributed by atoms with Crippen molar-refractivity contribution >= 4 is 46.2 Å². The molecule has 0 amide bonds. The highest BCUT2D eigenvalue weighted by Gasteiger charge is 2.42. The zero-order chi connectivity index (χ0) is 27.7. The second kappa shape index (κ2) is 11.4. The summed E-state index contributed by atoms with van der Waals surface area (Å²) in [6, 6.07) is 18.1. The highest BCUT2D eigenvalue weighted by Crippen LogP contribution is 2.45. The van der Waals surface area contributed by atoms with E-state index in [-0.39, 0.29) is 17.8 Å². The number of nitrogens with one attached hydrogen (secondary N) is 1. The zero-order valence-electron chi connectivity index (χ0n) is 21.7. The number of halogens is 2. The van der Waals surface area contributed by atoms with E-state index in [2.05, 4.69) is 21.3 Å². The van der Waals surface area contributed by atoms with Crippen LogP contribution in [0, 0.1) is 13.8 Å². The number of phenolic OH excluding ortho intramolecular Hbond substituents is 1. The number of rotatable bonds is 8. The summed E-state index contributed by atoms with van der Waals surface area (Å²) in [4.78, 5) is 6.70. The number of hydrogen-bond donors (Lipinski definition) is 2. The predicted octanol–water partition coefficient (Wildman–Crippen LogP) is 6.70. The molecule has 0 bridgehead atoms. The summed E-state index contributed by atoms with van der Waals surface area (Å²) >= 11 is 18.8. The van der Waals surface area contributed by atoms with Gasteiger partial charge in [0.15, 0.2) is 5.11 Å². The molecular weight excluding hydrogens is 555 g/mol. The van der Waals surface area contributed by atoms with Crippen LogP contribution in [0.4, 0.5) is 5.69 Å². The minimum Gasteiger partial charge on any atom is -0.506 e. The van der Waals surface area contributed by atoms with E-state index in [1.807, 2.05) is 54.8 Å². The molecule has 2 atom stereocenters. The highest BCUT2D eigenvalue weighted by molar-refractivity contribution is 7.80. The number of phenols is 1. The smallest absolute Gasteiger partial charge is 0.174 e. The maximum Gasteiger partial charge on any atom is 0.174 e. The van der Waals surface area contributed by atoms with Gasteiger partial charge in [0.25, 0.3) is 0 Å². The van der Waals surface area contributed by atoms with E-state index in [1.54, 1.807) is 31.5 Å². The van der Waals surface area contributed by atoms with E-state index >= 15 is 0 Å². The standard InChI is InChI=1S/C29H28Cl2N4O3S/c1-17-14-21(18(2)34(17)24-15-19(30)7-9-25(24)36)28-27(23-6-4-5-11-32-23)33-29(39)35(28)20-8-10-26(22(31)16-20)38-13-12-37-3/h4-11,14-16,27-28,36H,12-13H2,1-3H3,(H,33,39). The normalized spacial score (nSPS) is 16.9. The quantitative estimate of drug-likeness (QED) is 0.177. The molecular formula is C29H28Cl2N4O3S. The van der Waals surface area contributed by atoms with Gasteiger partial charge in [-0.15, -0.1) is 0 Å². The van der Waals surface area contributed by atoms with E-state index in [4.69, 9.17) is 44.9 Å². The van der Waals surface area contributed by atoms with Gasteiger partial charge in [-0.1, -0.05) is 29.3 Å². The molecule has 39 heavy (non-hydrogen) atoms. The van der Waals surface area contributed by atoms with Crippen LogP contribution in [-0.4, -0.2) is 40.1 Å². The summed E-state index contributed by atoms with van der Waals surface area (Å²) in [6.07, 6.45) is 1.77. The Hall–Kier alpha value is -3.30. The molecule has 7 nitrogen and oxygen atoms in total. The first kappa shape index (κ1) is 27.3. The van der Waals surface area contributed by atoms with Crippen molar-refractivity contribution in [1.29, 1.82) is 0 Å². The fourth-order valence-corrected chi connectivity index (χ4v) is 5.82. The summed E-state index contributed by atoms with van der Waals surface area (Å²) in [5.41, 5.74) is 5.18. The average Bonchev–Trinajstić information content (AvgIpc) is 3.42. The van der Waals surface area contributed by atoms with Gasteiger partial charge in [-0.05, 0) is 86.2 Å². The molecule has 10 heteroatoms. The van der Waals surface area contributed by atoms with Gasteiger partial charge < -0.3 is 29.4 Å². The predicted molar refractivity (Wildman–Crippen MR) is 159 cm³/mol. The fraction of sp³-hybridized carbons (Fsp3) is 0.241. The van der Waals surface area contributed by atoms with Crippen LogP contribution in [0.1, 0.15) is 34.7 Å². The van der Waals surface area contributed by atoms with Crippen molar-refractivity contribution in [3.8, 4) is 17.2 Å². The lowest BCUT2D eigenvalue weighted by Crippen LogP contribution is -2.29. The number of pyridine rings is 1. The van der Waals surface area contributed by atoms with Gasteiger partial charge in [-0.25, -0.2) is 0 Å². The van der Waals surface area contributed by atoms with Crippen LogP contribution >= 0.6 is 35.4 Å². The molecule has 202 valence electrons. The van der Waals surface area contributed by atoms with Gasteiger partial charge in [-0.2, -0.15) is 0 Å². The Morgan fingerprint density at radius 3 is 2.59 bits per heavy atom. The van der Waals surface area contributed by atoms with Crippen molar-refractivity contribution in [3.05, 3.63) is 99.6 Å². The van der Waals surface area contributed by atoms with Gasteiger partial charge >= 0.3 is 0 Å². The average molecular weight is 584 g/mol. The van der Waals surface area contributed by atoms with Gasteiger partial charge in [0.2, 0.25) is 0 Å². The van der Waals surface area contributed by atoms with Crippen LogP contribution in [0.5, 0.6) is 11.5 Å². The summed E-state index contributed by atoms with van der Waals surface area (Å²) in [7, 11) is 1.62. The number of anilines is 1. The third-order valence-electron chi connectivity index (χ3n) is 6.80. The van der Waals surface area contributed by atoms with E-state index < -0.39 is 0 Å². The number of ether oxygens (including phenoxy) is 2. The maximum absolute atomic E-state index is 10.7. The largest absolute Gasteiger partial charge is 0.506 e. The number of methoxy groups -OCH3 is 1. The molecule has 5 rings (SSSR count). The van der Waals surface area contributed by atoms with E-state index in [9.17, 15) is 5.11 Å². The van der Waals surface area contributed by atoms with E-state index in [1.165, 1.54) is 0 Å². The first-order valence-corrected chi connectivity index (χ1v) is 13.6. The summed E-state index contributed by atoms with van der Waals surface area (Å²) in [5, 5.41) is 15.7. The molecule has 2 N–H and O–H groups in total. The first-order valence-electron chi connectivity index (χ1n) is 12.4. The molecule has 1 aliphatic heterocycles. The van der Waals surface area contributed by atoms with Crippen molar-refractivity contribution in [3.63, 3.8) is 0 Å². The molecule has 2 aromatic carbocycles. The minimum atomic E-state index is -0.259. The number of aromatic hydroxyl groups is 1. The van der Waals surface area contributed by atoms with Gasteiger partial charge in [0.1, 0.15) is 18.1 Å². The molecule has 0 radical (unpaired) electrons. The Balaban J connectivity index is 1.62. The Morgan fingerprint density at radius 2 is 1.87 bits per heavy atom. The van der Waals surface area contributed by atoms with Crippen molar-refractivity contribution in [2.24, 2.45) is 0 Å². The van der Waals surface area contributed by atoms with E-state index in [0.717, 1.165) is 28.3 Å². The van der Waals surface area contributed by atoms with Crippen LogP contribution in [0.15, 0.2) is 66.9 Å². The molecule has 0 aliphatic carbocycles. The number of hydrogen-bond acceptors (Lipinski definition) is 5. The molecule has 1 fully saturated rings. The lowest BCUT2D eigenvalue weighted by molar-refractivity contribution is 0.146. The monoisotopic (exact) mass is 582 g/mol. The van der Waals surface area contributed by atoms with Crippen LogP contribution in [0.2, 0.25) is 10.0 Å². The van der Waals surface area contributed by atoms with Crippen molar-refractivity contribution in [1.82, 2.24) is 14.9 Å². The lowest BCUT2D eigenvalue weighted by atomic mass is 9.96. The van der Waals surface area contributed by atoms with Crippen LogP contribution in [0.3, 0.4) is 0 Å². The SMILES string of the molecule is COCCOc1ccc(N2C(=S)NC(c3ccccn3)C2c2cc(C)n(-c3cc(Cl)ccc3O)c2C)cc1Cl. The highest BCUT2D eigenvalue weighted by atomic mass is 35.5. The molecule has 3 heterocycles. The summed E-state index contributed by atoms with van der Waals surface area (Å²) in [6.45, 7) is 4.88. The Kier molecular flexibility index (Phi) is 8.00. The van der Waals surface area contributed by atoms with Gasteiger partial charge in [-0.3, -0.25) is 4.98 Å². The number of aromatic nitrogens is 2. The number of benzene rings is 2. The Bertz CT molecular complexity index is 1510. The zero-order valence-corrected chi connectivity index (χ0v) is 24.0. The Morgan fingerprint density at radius 1 is 1.05 bits per heavy atom. The topological polar surface area (TPSA) is 71.8 Å². The second-order valence-corrected chi connectivity index (χ2v) is 10.5. The van der Waals surface area contributed by atoms with Crippen molar-refractivity contribution < 1.29 is 14.6 Å². The molecule has 1 saturated heterocycles. The molecule has 2 unspecified atom stereocenters. The third-order valence-corrected chi connectivity index (χ3v) is 7.65. The molecule has 4 aromatic rings. The van der Waals surface area contributed by atoms with Crippen molar-refractivity contribution in [2.45, 2.75) is 25.9 Å². The summed E-state index contributed by atoms with van der Waals surface area (Å²) < 4.78 is 12.8. The molecule has 0 saturated carbocycles. The van der Waals surface area contributed by atoms with Crippen LogP contribution in [-0.2, 0) is 4.74 Å². The van der Waals surface area contributed by atoms with E-state index in [0.29, 0.717) is 39.8 Å². The molecule has 0 spiro atoms. The second-order valence-electron chi connectivity index (χ2n) is 9.25. The van der Waals surface area contributed by atoms with Gasteiger partial charge in [0, 0.05) is 35.4 Å². The fourth-order valence-electron chi connectivity index (χ4n) is 5.07. The number of aryl methyl sites for hydroxylation is 1. The summed E-state index contributed by atoms with van der Waals surface area (Å²) in [5.74, 6) is 0.713. The Labute approximate surface area is 242 Å². The minimum absolute atomic E-state index is 0.141. The molecule has 2 aromatic heterocycles. The molecule has 1 aliphatic rings. The lowest BCUT2D eigenvalue weighted by Gasteiger charge is -2.28. The van der Waals surface area contributed by atoms with Crippen LogP contribution in [0.25, 0.3) is 5.69 Å². The number of thiocarbonyl (C=S) groups is 1. The maximum atomic E-state index is 10.7. The third kappa shape index (κ3) is 5.30. The van der Waals surface area contributed by atoms with Gasteiger partial charge in [0.05, 0.1) is 35.1 Å². The van der Waals surface area contributed by atoms with Crippen molar-refractivity contribution in [2.75, 3.05) is 25.2 Å². The number of nitrogens with zero attached hydrogens (tertiary/aromatic N) is 3. The first-order chi connectivity index (χ1) is 18.8. The van der Waals surface area contributed by atoms with Crippen LogP contribution < -0.4 is 15.0 Å².